The van der Waals surface area contributed by atoms with E-state index in [9.17, 15) is 9.90 Å². The van der Waals surface area contributed by atoms with Gasteiger partial charge in [-0.2, -0.15) is 0 Å². The average molecular weight is 340 g/mol. The van der Waals surface area contributed by atoms with Gasteiger partial charge in [0.2, 0.25) is 0 Å². The number of carbonyl (C=O) groups is 1. The number of aliphatic hydroxyl groups is 1. The van der Waals surface area contributed by atoms with E-state index in [0.29, 0.717) is 17.0 Å². The second-order valence-corrected chi connectivity index (χ2v) is 6.37. The largest absolute Gasteiger partial charge is 0.488 e. The molecule has 2 unspecified atom stereocenters. The zero-order valence-corrected chi connectivity index (χ0v) is 14.4. The normalized spacial score (nSPS) is 20.1. The molecule has 25 heavy (non-hydrogen) atoms. The van der Waals surface area contributed by atoms with Crippen molar-refractivity contribution in [3.8, 4) is 5.75 Å². The lowest BCUT2D eigenvalue weighted by atomic mass is 9.95. The Balaban J connectivity index is 1.63. The second kappa shape index (κ2) is 8.12. The minimum absolute atomic E-state index is 0.141. The third-order valence-electron chi connectivity index (χ3n) is 4.60. The van der Waals surface area contributed by atoms with Gasteiger partial charge in [-0.3, -0.25) is 9.78 Å². The summed E-state index contributed by atoms with van der Waals surface area (Å²) in [5.74, 6) is 0.567. The summed E-state index contributed by atoms with van der Waals surface area (Å²) in [6.45, 7) is 2.00. The fraction of sp³-hybridized carbons (Fsp3) is 0.400. The topological polar surface area (TPSA) is 71.5 Å². The number of nitrogens with zero attached hydrogens (tertiary/aromatic N) is 1. The van der Waals surface area contributed by atoms with Crippen molar-refractivity contribution in [3.63, 3.8) is 0 Å². The molecule has 0 bridgehead atoms. The first-order valence-electron chi connectivity index (χ1n) is 8.86. The van der Waals surface area contributed by atoms with Crippen LogP contribution in [0.5, 0.6) is 5.75 Å². The highest BCUT2D eigenvalue weighted by molar-refractivity contribution is 6.05. The summed E-state index contributed by atoms with van der Waals surface area (Å²) in [6.07, 6.45) is 7.38. The molecule has 1 aromatic heterocycles. The number of nitrogens with one attached hydrogen (secondary N) is 1. The number of aromatic nitrogens is 1. The molecule has 2 N–H and O–H groups in total. The van der Waals surface area contributed by atoms with Crippen LogP contribution in [0.2, 0.25) is 0 Å². The van der Waals surface area contributed by atoms with Gasteiger partial charge < -0.3 is 15.2 Å². The molecule has 1 aliphatic rings. The fourth-order valence-electron chi connectivity index (χ4n) is 3.14. The molecule has 0 aliphatic heterocycles. The van der Waals surface area contributed by atoms with Crippen LogP contribution in [0.4, 0.5) is 5.69 Å². The molecule has 5 nitrogen and oxygen atoms in total. The number of rotatable bonds is 5. The van der Waals surface area contributed by atoms with Crippen LogP contribution in [0.1, 0.15) is 48.5 Å². The van der Waals surface area contributed by atoms with E-state index < -0.39 is 6.10 Å². The van der Waals surface area contributed by atoms with Gasteiger partial charge in [0.25, 0.3) is 5.91 Å². The van der Waals surface area contributed by atoms with Crippen LogP contribution in [0.15, 0.2) is 42.7 Å². The molecule has 1 aliphatic carbocycles. The number of ether oxygens (including phenoxy) is 1. The fourth-order valence-corrected chi connectivity index (χ4v) is 3.14. The molecule has 0 saturated heterocycles. The standard InChI is InChI=1S/C20H24N2O3/c1-2-14-13-21-12-11-17(14)20(24)22-15-7-9-16(10-8-15)25-19-6-4-3-5-18(19)23/h7-13,18-19,23H,2-6H2,1H3,(H,22,24). The molecule has 0 spiro atoms. The van der Waals surface area contributed by atoms with Gasteiger partial charge in [-0.05, 0) is 61.6 Å². The van der Waals surface area contributed by atoms with Crippen molar-refractivity contribution in [1.82, 2.24) is 4.98 Å². The molecule has 1 aromatic carbocycles. The lowest BCUT2D eigenvalue weighted by Gasteiger charge is -2.28. The number of hydrogen-bond donors (Lipinski definition) is 2. The first-order valence-corrected chi connectivity index (χ1v) is 8.86. The van der Waals surface area contributed by atoms with E-state index in [-0.39, 0.29) is 12.0 Å². The molecule has 1 heterocycles. The van der Waals surface area contributed by atoms with Crippen LogP contribution >= 0.6 is 0 Å². The number of anilines is 1. The number of pyridine rings is 1. The highest BCUT2D eigenvalue weighted by Gasteiger charge is 2.24. The number of carbonyl (C=O) groups excluding carboxylic acids is 1. The average Bonchev–Trinajstić information content (AvgIpc) is 2.65. The van der Waals surface area contributed by atoms with E-state index >= 15 is 0 Å². The minimum atomic E-state index is -0.396. The van der Waals surface area contributed by atoms with Crippen LogP contribution in [-0.2, 0) is 6.42 Å². The lowest BCUT2D eigenvalue weighted by molar-refractivity contribution is 0.00688. The number of aliphatic hydroxyl groups excluding tert-OH is 1. The maximum Gasteiger partial charge on any atom is 0.256 e. The van der Waals surface area contributed by atoms with Gasteiger partial charge in [0.05, 0.1) is 6.10 Å². The van der Waals surface area contributed by atoms with E-state index in [4.69, 9.17) is 4.74 Å². The second-order valence-electron chi connectivity index (χ2n) is 6.37. The van der Waals surface area contributed by atoms with Crippen molar-refractivity contribution >= 4 is 11.6 Å². The Hall–Kier alpha value is -2.40. The van der Waals surface area contributed by atoms with E-state index in [2.05, 4.69) is 10.3 Å². The predicted molar refractivity (Wildman–Crippen MR) is 96.9 cm³/mol. The molecule has 2 aromatic rings. The van der Waals surface area contributed by atoms with Crippen LogP contribution < -0.4 is 10.1 Å². The van der Waals surface area contributed by atoms with E-state index in [1.165, 1.54) is 0 Å². The first-order chi connectivity index (χ1) is 12.2. The Morgan fingerprint density at radius 2 is 2.00 bits per heavy atom. The molecule has 3 rings (SSSR count). The highest BCUT2D eigenvalue weighted by atomic mass is 16.5. The third kappa shape index (κ3) is 4.37. The zero-order chi connectivity index (χ0) is 17.6. The van der Waals surface area contributed by atoms with Crippen molar-refractivity contribution in [2.24, 2.45) is 0 Å². The van der Waals surface area contributed by atoms with Crippen molar-refractivity contribution in [3.05, 3.63) is 53.9 Å². The van der Waals surface area contributed by atoms with Crippen LogP contribution in [0, 0.1) is 0 Å². The molecule has 1 saturated carbocycles. The zero-order valence-electron chi connectivity index (χ0n) is 14.4. The molecule has 2 atom stereocenters. The van der Waals surface area contributed by atoms with Crippen LogP contribution in [0.3, 0.4) is 0 Å². The van der Waals surface area contributed by atoms with Gasteiger partial charge in [0, 0.05) is 23.6 Å². The molecule has 1 fully saturated rings. The number of aryl methyl sites for hydroxylation is 1. The summed E-state index contributed by atoms with van der Waals surface area (Å²) in [4.78, 5) is 16.5. The predicted octanol–water partition coefficient (Wildman–Crippen LogP) is 3.58. The quantitative estimate of drug-likeness (QED) is 0.873. The van der Waals surface area contributed by atoms with Gasteiger partial charge in [-0.1, -0.05) is 13.3 Å². The maximum absolute atomic E-state index is 12.4. The molecule has 0 radical (unpaired) electrons. The third-order valence-corrected chi connectivity index (χ3v) is 4.60. The summed E-state index contributed by atoms with van der Waals surface area (Å²) in [5.41, 5.74) is 2.27. The Kier molecular flexibility index (Phi) is 5.66. The minimum Gasteiger partial charge on any atom is -0.488 e. The summed E-state index contributed by atoms with van der Waals surface area (Å²) < 4.78 is 5.88. The summed E-state index contributed by atoms with van der Waals surface area (Å²) in [6, 6.07) is 9.01. The van der Waals surface area contributed by atoms with E-state index in [0.717, 1.165) is 37.7 Å². The molecule has 5 heteroatoms. The van der Waals surface area contributed by atoms with Crippen LogP contribution in [0.25, 0.3) is 0 Å². The maximum atomic E-state index is 12.4. The number of benzene rings is 1. The van der Waals surface area contributed by atoms with E-state index in [1.54, 1.807) is 18.5 Å². The van der Waals surface area contributed by atoms with Crippen molar-refractivity contribution in [2.45, 2.75) is 51.2 Å². The smallest absolute Gasteiger partial charge is 0.256 e. The molecule has 1 amide bonds. The van der Waals surface area contributed by atoms with Crippen molar-refractivity contribution in [1.29, 1.82) is 0 Å². The van der Waals surface area contributed by atoms with Crippen molar-refractivity contribution in [2.75, 3.05) is 5.32 Å². The number of amides is 1. The molecule has 132 valence electrons. The molecular weight excluding hydrogens is 316 g/mol. The van der Waals surface area contributed by atoms with Crippen LogP contribution in [-0.4, -0.2) is 28.2 Å². The number of hydrogen-bond acceptors (Lipinski definition) is 4. The monoisotopic (exact) mass is 340 g/mol. The highest BCUT2D eigenvalue weighted by Crippen LogP contribution is 2.25. The van der Waals surface area contributed by atoms with Gasteiger partial charge >= 0.3 is 0 Å². The van der Waals surface area contributed by atoms with E-state index in [1.807, 2.05) is 31.2 Å². The van der Waals surface area contributed by atoms with Gasteiger partial charge in [-0.15, -0.1) is 0 Å². The summed E-state index contributed by atoms with van der Waals surface area (Å²) >= 11 is 0. The lowest BCUT2D eigenvalue weighted by Crippen LogP contribution is -2.34. The van der Waals surface area contributed by atoms with Gasteiger partial charge in [0.15, 0.2) is 0 Å². The Morgan fingerprint density at radius 1 is 1.24 bits per heavy atom. The first kappa shape index (κ1) is 17.4. The van der Waals surface area contributed by atoms with Gasteiger partial charge in [-0.25, -0.2) is 0 Å². The van der Waals surface area contributed by atoms with Gasteiger partial charge in [0.1, 0.15) is 11.9 Å². The Labute approximate surface area is 148 Å². The summed E-state index contributed by atoms with van der Waals surface area (Å²) in [5, 5.41) is 12.9. The van der Waals surface area contributed by atoms with Crippen molar-refractivity contribution < 1.29 is 14.6 Å². The summed E-state index contributed by atoms with van der Waals surface area (Å²) in [7, 11) is 0. The Morgan fingerprint density at radius 3 is 2.72 bits per heavy atom. The SMILES string of the molecule is CCc1cnccc1C(=O)Nc1ccc(OC2CCCCC2O)cc1. The Bertz CT molecular complexity index is 715. The molecular formula is C20H24N2O3.